The Hall–Kier alpha value is -3.38. The van der Waals surface area contributed by atoms with E-state index in [9.17, 15) is 14.7 Å². The zero-order valence-electron chi connectivity index (χ0n) is 16.6. The molecule has 0 bridgehead atoms. The Morgan fingerprint density at radius 1 is 1.17 bits per heavy atom. The molecule has 156 valence electrons. The second kappa shape index (κ2) is 9.89. The maximum Gasteiger partial charge on any atom is 0.335 e. The van der Waals surface area contributed by atoms with E-state index in [0.717, 1.165) is 41.9 Å². The van der Waals surface area contributed by atoms with Crippen LogP contribution in [-0.2, 0) is 19.1 Å². The van der Waals surface area contributed by atoms with Crippen molar-refractivity contribution in [2.45, 2.75) is 25.6 Å². The van der Waals surface area contributed by atoms with Gasteiger partial charge in [-0.3, -0.25) is 0 Å². The fraction of sp³-hybridized carbons (Fsp3) is 0.250. The molecular formula is C24H24O6. The summed E-state index contributed by atoms with van der Waals surface area (Å²) in [5, 5.41) is 10.5. The highest BCUT2D eigenvalue weighted by Crippen LogP contribution is 2.37. The Morgan fingerprint density at radius 2 is 1.90 bits per heavy atom. The highest BCUT2D eigenvalue weighted by Gasteiger charge is 2.29. The molecular weight excluding hydrogens is 384 g/mol. The molecule has 6 heteroatoms. The van der Waals surface area contributed by atoms with Gasteiger partial charge in [0, 0.05) is 23.6 Å². The van der Waals surface area contributed by atoms with Crippen LogP contribution in [0.5, 0.6) is 5.75 Å². The van der Waals surface area contributed by atoms with Crippen molar-refractivity contribution in [1.82, 2.24) is 0 Å². The predicted octanol–water partition coefficient (Wildman–Crippen LogP) is 3.85. The smallest absolute Gasteiger partial charge is 0.335 e. The van der Waals surface area contributed by atoms with Crippen molar-refractivity contribution in [2.75, 3.05) is 6.61 Å². The van der Waals surface area contributed by atoms with Crippen LogP contribution in [0.2, 0.25) is 0 Å². The second-order valence-corrected chi connectivity index (χ2v) is 6.88. The summed E-state index contributed by atoms with van der Waals surface area (Å²) < 4.78 is 15.8. The van der Waals surface area contributed by atoms with Crippen molar-refractivity contribution >= 4 is 17.5 Å². The van der Waals surface area contributed by atoms with Gasteiger partial charge in [-0.2, -0.15) is 0 Å². The quantitative estimate of drug-likeness (QED) is 0.305. The molecule has 1 aromatic carbocycles. The molecule has 0 saturated heterocycles. The molecule has 2 atom stereocenters. The normalized spacial score (nSPS) is 19.8. The topological polar surface area (TPSA) is 82.1 Å². The number of carbonyl (C=O) groups excluding carboxylic acids is 2. The van der Waals surface area contributed by atoms with Gasteiger partial charge in [0.25, 0.3) is 0 Å². The van der Waals surface area contributed by atoms with Crippen LogP contribution in [0, 0.1) is 5.92 Å². The summed E-state index contributed by atoms with van der Waals surface area (Å²) >= 11 is 0. The summed E-state index contributed by atoms with van der Waals surface area (Å²) in [7, 11) is 0. The maximum absolute atomic E-state index is 11.3. The van der Waals surface area contributed by atoms with Crippen LogP contribution in [0.1, 0.15) is 24.8 Å². The molecule has 3 rings (SSSR count). The number of aliphatic hydroxyl groups excluding tert-OH is 1. The van der Waals surface area contributed by atoms with E-state index < -0.39 is 18.2 Å². The average molecular weight is 408 g/mol. The fourth-order valence-corrected chi connectivity index (χ4v) is 3.30. The van der Waals surface area contributed by atoms with Gasteiger partial charge < -0.3 is 19.3 Å². The number of esters is 2. The summed E-state index contributed by atoms with van der Waals surface area (Å²) in [5.41, 5.74) is 2.55. The van der Waals surface area contributed by atoms with Gasteiger partial charge in [0.15, 0.2) is 0 Å². The largest absolute Gasteiger partial charge is 0.464 e. The molecule has 0 aromatic heterocycles. The van der Waals surface area contributed by atoms with Crippen LogP contribution >= 0.6 is 0 Å². The lowest BCUT2D eigenvalue weighted by Gasteiger charge is -2.31. The number of benzene rings is 1. The van der Waals surface area contributed by atoms with E-state index in [1.54, 1.807) is 24.3 Å². The Kier molecular flexibility index (Phi) is 7.03. The summed E-state index contributed by atoms with van der Waals surface area (Å²) in [6, 6.07) is 6.86. The van der Waals surface area contributed by atoms with Crippen molar-refractivity contribution in [3.8, 4) is 5.75 Å². The predicted molar refractivity (Wildman–Crippen MR) is 112 cm³/mol. The molecule has 0 fully saturated rings. The van der Waals surface area contributed by atoms with Crippen molar-refractivity contribution in [1.29, 1.82) is 0 Å². The third kappa shape index (κ3) is 5.36. The van der Waals surface area contributed by atoms with E-state index in [2.05, 4.69) is 19.2 Å². The van der Waals surface area contributed by atoms with Crippen molar-refractivity contribution < 1.29 is 28.9 Å². The summed E-state index contributed by atoms with van der Waals surface area (Å²) in [5.74, 6) is 0.225. The Morgan fingerprint density at radius 3 is 2.60 bits per heavy atom. The van der Waals surface area contributed by atoms with E-state index >= 15 is 0 Å². The molecule has 30 heavy (non-hydrogen) atoms. The first-order chi connectivity index (χ1) is 14.5. The first-order valence-electron chi connectivity index (χ1n) is 9.71. The number of hydrogen-bond donors (Lipinski definition) is 1. The summed E-state index contributed by atoms with van der Waals surface area (Å²) in [4.78, 5) is 22.3. The number of hydrogen-bond acceptors (Lipinski definition) is 6. The molecule has 0 spiro atoms. The SMILES string of the molecule is C=CC(=O)OCCCC1=CCC2C=C(c3ccc(OC(=O)C=C)cc3)C(O)OC2=C1. The summed E-state index contributed by atoms with van der Waals surface area (Å²) in [6.07, 6.45) is 9.46. The van der Waals surface area contributed by atoms with Gasteiger partial charge in [-0.1, -0.05) is 37.4 Å². The van der Waals surface area contributed by atoms with Gasteiger partial charge in [0.05, 0.1) is 6.61 Å². The highest BCUT2D eigenvalue weighted by molar-refractivity contribution is 5.83. The monoisotopic (exact) mass is 408 g/mol. The molecule has 2 unspecified atom stereocenters. The molecule has 1 aliphatic carbocycles. The van der Waals surface area contributed by atoms with Gasteiger partial charge in [0.1, 0.15) is 11.5 Å². The van der Waals surface area contributed by atoms with Crippen LogP contribution in [0.4, 0.5) is 0 Å². The zero-order valence-corrected chi connectivity index (χ0v) is 16.6. The number of fused-ring (bicyclic) bond motifs is 1. The van der Waals surface area contributed by atoms with E-state index in [-0.39, 0.29) is 5.92 Å². The van der Waals surface area contributed by atoms with E-state index in [1.807, 2.05) is 12.2 Å². The molecule has 0 radical (unpaired) electrons. The first-order valence-corrected chi connectivity index (χ1v) is 9.71. The maximum atomic E-state index is 11.3. The minimum absolute atomic E-state index is 0.0454. The fourth-order valence-electron chi connectivity index (χ4n) is 3.30. The van der Waals surface area contributed by atoms with Crippen LogP contribution in [0.3, 0.4) is 0 Å². The van der Waals surface area contributed by atoms with Crippen molar-refractivity contribution in [3.05, 3.63) is 84.7 Å². The van der Waals surface area contributed by atoms with Crippen LogP contribution in [-0.4, -0.2) is 29.9 Å². The van der Waals surface area contributed by atoms with Crippen molar-refractivity contribution in [3.63, 3.8) is 0 Å². The number of rotatable bonds is 8. The molecule has 1 N–H and O–H groups in total. The Balaban J connectivity index is 1.62. The van der Waals surface area contributed by atoms with Crippen molar-refractivity contribution in [2.24, 2.45) is 5.92 Å². The number of allylic oxidation sites excluding steroid dienone is 4. The van der Waals surface area contributed by atoms with Crippen LogP contribution in [0.15, 0.2) is 79.1 Å². The summed E-state index contributed by atoms with van der Waals surface area (Å²) in [6.45, 7) is 7.06. The lowest BCUT2D eigenvalue weighted by molar-refractivity contribution is -0.137. The third-order valence-corrected chi connectivity index (χ3v) is 4.82. The Bertz CT molecular complexity index is 920. The van der Waals surface area contributed by atoms with Gasteiger partial charge in [-0.05, 0) is 48.6 Å². The molecule has 1 heterocycles. The Labute approximate surface area is 175 Å². The van der Waals surface area contributed by atoms with E-state index in [1.165, 1.54) is 0 Å². The third-order valence-electron chi connectivity index (χ3n) is 4.82. The second-order valence-electron chi connectivity index (χ2n) is 6.88. The average Bonchev–Trinajstić information content (AvgIpc) is 2.76. The first kappa shape index (κ1) is 21.3. The molecule has 1 aromatic rings. The highest BCUT2D eigenvalue weighted by atomic mass is 16.6. The van der Waals surface area contributed by atoms with Crippen LogP contribution in [0.25, 0.3) is 5.57 Å². The van der Waals surface area contributed by atoms with Gasteiger partial charge in [-0.15, -0.1) is 0 Å². The lowest BCUT2D eigenvalue weighted by Crippen LogP contribution is -2.24. The van der Waals surface area contributed by atoms with Gasteiger partial charge in [-0.25, -0.2) is 9.59 Å². The molecule has 0 saturated carbocycles. The number of aliphatic hydroxyl groups is 1. The minimum Gasteiger partial charge on any atom is -0.464 e. The molecule has 6 nitrogen and oxygen atoms in total. The number of carbonyl (C=O) groups is 2. The standard InChI is InChI=1S/C24H24O6/c1-3-22(25)28-13-5-6-16-7-8-18-15-20(24(27)30-21(18)14-16)17-9-11-19(12-10-17)29-23(26)4-2/h3-4,7,9-12,14-15,18,24,27H,1-2,5-6,8,13H2. The minimum atomic E-state index is -1.08. The van der Waals surface area contributed by atoms with Gasteiger partial charge >= 0.3 is 11.9 Å². The van der Waals surface area contributed by atoms with Gasteiger partial charge in [0.2, 0.25) is 6.29 Å². The number of ether oxygens (including phenoxy) is 3. The lowest BCUT2D eigenvalue weighted by atomic mass is 9.87. The molecule has 0 amide bonds. The van der Waals surface area contributed by atoms with E-state index in [0.29, 0.717) is 24.4 Å². The zero-order chi connectivity index (χ0) is 21.5. The molecule has 1 aliphatic heterocycles. The molecule has 2 aliphatic rings. The van der Waals surface area contributed by atoms with Crippen LogP contribution < -0.4 is 4.74 Å². The van der Waals surface area contributed by atoms with E-state index in [4.69, 9.17) is 14.2 Å².